The molecule has 2 fully saturated rings. The van der Waals surface area contributed by atoms with Gasteiger partial charge in [-0.1, -0.05) is 36.4 Å². The highest BCUT2D eigenvalue weighted by molar-refractivity contribution is 5.80. The fourth-order valence-electron chi connectivity index (χ4n) is 4.55. The average molecular weight is 453 g/mol. The van der Waals surface area contributed by atoms with Crippen molar-refractivity contribution in [1.29, 1.82) is 0 Å². The van der Waals surface area contributed by atoms with Crippen molar-refractivity contribution in [1.82, 2.24) is 9.80 Å². The Bertz CT molecular complexity index is 929. The molecule has 0 bridgehead atoms. The van der Waals surface area contributed by atoms with Crippen LogP contribution in [-0.4, -0.2) is 74.2 Å². The molecule has 0 saturated carbocycles. The molecule has 7 heteroatoms. The summed E-state index contributed by atoms with van der Waals surface area (Å²) >= 11 is 0. The van der Waals surface area contributed by atoms with Crippen LogP contribution in [-0.2, 0) is 20.7 Å². The summed E-state index contributed by atoms with van der Waals surface area (Å²) in [7, 11) is 1.61. The van der Waals surface area contributed by atoms with Crippen LogP contribution in [0.15, 0.2) is 54.6 Å². The van der Waals surface area contributed by atoms with Crippen molar-refractivity contribution < 1.29 is 23.8 Å². The number of amides is 2. The van der Waals surface area contributed by atoms with E-state index in [2.05, 4.69) is 0 Å². The Hall–Kier alpha value is -3.06. The van der Waals surface area contributed by atoms with Crippen molar-refractivity contribution in [3.63, 3.8) is 0 Å². The van der Waals surface area contributed by atoms with Crippen LogP contribution in [0.4, 0.5) is 0 Å². The normalized spacial score (nSPS) is 20.9. The van der Waals surface area contributed by atoms with E-state index in [1.54, 1.807) is 7.11 Å². The minimum atomic E-state index is -0.118. The SMILES string of the molecule is COc1ccccc1CC(=O)N1CC[C@H](Oc2ccccc2)[C@@H](CC(=O)N2CCOCC2)C1. The van der Waals surface area contributed by atoms with Crippen LogP contribution in [0.25, 0.3) is 0 Å². The molecular weight excluding hydrogens is 420 g/mol. The monoisotopic (exact) mass is 452 g/mol. The van der Waals surface area contributed by atoms with Gasteiger partial charge in [0.25, 0.3) is 0 Å². The fourth-order valence-corrected chi connectivity index (χ4v) is 4.55. The number of morpholine rings is 1. The summed E-state index contributed by atoms with van der Waals surface area (Å²) in [4.78, 5) is 29.9. The number of likely N-dealkylation sites (tertiary alicyclic amines) is 1. The van der Waals surface area contributed by atoms with Gasteiger partial charge in [-0.25, -0.2) is 0 Å². The summed E-state index contributed by atoms with van der Waals surface area (Å²) in [5.74, 6) is 1.58. The van der Waals surface area contributed by atoms with Crippen LogP contribution >= 0.6 is 0 Å². The summed E-state index contributed by atoms with van der Waals surface area (Å²) in [5.41, 5.74) is 0.869. The molecule has 7 nitrogen and oxygen atoms in total. The average Bonchev–Trinajstić information content (AvgIpc) is 2.86. The predicted octanol–water partition coefficient (Wildman–Crippen LogP) is 2.78. The lowest BCUT2D eigenvalue weighted by atomic mass is 9.90. The van der Waals surface area contributed by atoms with E-state index >= 15 is 0 Å². The van der Waals surface area contributed by atoms with Gasteiger partial charge in [0.1, 0.15) is 17.6 Å². The van der Waals surface area contributed by atoms with Gasteiger partial charge in [-0.2, -0.15) is 0 Å². The molecule has 2 amide bonds. The van der Waals surface area contributed by atoms with Gasteiger partial charge in [-0.05, 0) is 18.2 Å². The van der Waals surface area contributed by atoms with Crippen molar-refractivity contribution in [3.05, 3.63) is 60.2 Å². The van der Waals surface area contributed by atoms with Gasteiger partial charge in [0.2, 0.25) is 11.8 Å². The van der Waals surface area contributed by atoms with E-state index in [1.807, 2.05) is 64.4 Å². The largest absolute Gasteiger partial charge is 0.496 e. The molecule has 2 atom stereocenters. The van der Waals surface area contributed by atoms with Crippen LogP contribution in [0.5, 0.6) is 11.5 Å². The van der Waals surface area contributed by atoms with Gasteiger partial charge < -0.3 is 24.0 Å². The molecule has 2 saturated heterocycles. The number of rotatable bonds is 7. The number of hydrogen-bond donors (Lipinski definition) is 0. The highest BCUT2D eigenvalue weighted by Gasteiger charge is 2.35. The van der Waals surface area contributed by atoms with Gasteiger partial charge in [0, 0.05) is 50.5 Å². The number of hydrogen-bond acceptors (Lipinski definition) is 5. The number of benzene rings is 2. The Balaban J connectivity index is 1.45. The van der Waals surface area contributed by atoms with Crippen molar-refractivity contribution in [2.75, 3.05) is 46.5 Å². The Labute approximate surface area is 195 Å². The molecule has 0 N–H and O–H groups in total. The molecule has 2 aromatic rings. The zero-order chi connectivity index (χ0) is 23.0. The first-order valence-corrected chi connectivity index (χ1v) is 11.6. The lowest BCUT2D eigenvalue weighted by Gasteiger charge is -2.39. The molecular formula is C26H32N2O5. The molecule has 2 heterocycles. The smallest absolute Gasteiger partial charge is 0.227 e. The third-order valence-electron chi connectivity index (χ3n) is 6.38. The number of methoxy groups -OCH3 is 1. The molecule has 0 unspecified atom stereocenters. The van der Waals surface area contributed by atoms with Gasteiger partial charge in [-0.15, -0.1) is 0 Å². The maximum absolute atomic E-state index is 13.2. The summed E-state index contributed by atoms with van der Waals surface area (Å²) in [6, 6.07) is 17.3. The van der Waals surface area contributed by atoms with Crippen LogP contribution in [0.2, 0.25) is 0 Å². The standard InChI is InChI=1S/C26H32N2O5/c1-31-23-10-6-5-7-20(23)17-26(30)28-12-11-24(33-22-8-3-2-4-9-22)21(19-28)18-25(29)27-13-15-32-16-14-27/h2-10,21,24H,11-19H2,1H3/t21-,24-/m0/s1. The van der Waals surface area contributed by atoms with E-state index in [4.69, 9.17) is 14.2 Å². The molecule has 33 heavy (non-hydrogen) atoms. The first kappa shape index (κ1) is 23.1. The zero-order valence-corrected chi connectivity index (χ0v) is 19.2. The number of nitrogens with zero attached hydrogens (tertiary/aromatic N) is 2. The molecule has 2 aliphatic heterocycles. The number of ether oxygens (including phenoxy) is 3. The minimum Gasteiger partial charge on any atom is -0.496 e. The van der Waals surface area contributed by atoms with Crippen molar-refractivity contribution in [3.8, 4) is 11.5 Å². The Morgan fingerprint density at radius 2 is 1.67 bits per heavy atom. The number of para-hydroxylation sites is 2. The number of carbonyl (C=O) groups excluding carboxylic acids is 2. The third-order valence-corrected chi connectivity index (χ3v) is 6.38. The summed E-state index contributed by atoms with van der Waals surface area (Å²) in [6.45, 7) is 3.49. The lowest BCUT2D eigenvalue weighted by molar-refractivity contribution is -0.141. The molecule has 4 rings (SSSR count). The van der Waals surface area contributed by atoms with E-state index < -0.39 is 0 Å². The minimum absolute atomic E-state index is 0.0430. The van der Waals surface area contributed by atoms with Crippen molar-refractivity contribution in [2.24, 2.45) is 5.92 Å². The topological polar surface area (TPSA) is 68.3 Å². The van der Waals surface area contributed by atoms with Gasteiger partial charge in [-0.3, -0.25) is 9.59 Å². The zero-order valence-electron chi connectivity index (χ0n) is 19.2. The van der Waals surface area contributed by atoms with E-state index in [-0.39, 0.29) is 30.3 Å². The highest BCUT2D eigenvalue weighted by atomic mass is 16.5. The lowest BCUT2D eigenvalue weighted by Crippen LogP contribution is -2.50. The molecule has 176 valence electrons. The Morgan fingerprint density at radius 1 is 0.939 bits per heavy atom. The highest BCUT2D eigenvalue weighted by Crippen LogP contribution is 2.27. The van der Waals surface area contributed by atoms with Crippen LogP contribution in [0.3, 0.4) is 0 Å². The van der Waals surface area contributed by atoms with Crippen LogP contribution in [0, 0.1) is 5.92 Å². The summed E-state index contributed by atoms with van der Waals surface area (Å²) in [6.07, 6.45) is 1.20. The third kappa shape index (κ3) is 6.05. The van der Waals surface area contributed by atoms with Crippen LogP contribution < -0.4 is 9.47 Å². The molecule has 0 aromatic heterocycles. The summed E-state index contributed by atoms with van der Waals surface area (Å²) in [5, 5.41) is 0. The second-order valence-corrected chi connectivity index (χ2v) is 8.54. The maximum atomic E-state index is 13.2. The Kier molecular flexibility index (Phi) is 7.83. The quantitative estimate of drug-likeness (QED) is 0.646. The van der Waals surface area contributed by atoms with E-state index in [1.165, 1.54) is 0 Å². The summed E-state index contributed by atoms with van der Waals surface area (Å²) < 4.78 is 17.1. The van der Waals surface area contributed by atoms with E-state index in [0.29, 0.717) is 58.0 Å². The first-order chi connectivity index (χ1) is 16.1. The maximum Gasteiger partial charge on any atom is 0.227 e. The predicted molar refractivity (Wildman–Crippen MR) is 124 cm³/mol. The molecule has 2 aromatic carbocycles. The molecule has 2 aliphatic rings. The van der Waals surface area contributed by atoms with Crippen molar-refractivity contribution in [2.45, 2.75) is 25.4 Å². The van der Waals surface area contributed by atoms with Gasteiger partial charge in [0.15, 0.2) is 0 Å². The molecule has 0 aliphatic carbocycles. The van der Waals surface area contributed by atoms with E-state index in [0.717, 1.165) is 11.3 Å². The second kappa shape index (κ2) is 11.2. The fraction of sp³-hybridized carbons (Fsp3) is 0.462. The van der Waals surface area contributed by atoms with Crippen LogP contribution in [0.1, 0.15) is 18.4 Å². The van der Waals surface area contributed by atoms with Crippen molar-refractivity contribution >= 4 is 11.8 Å². The second-order valence-electron chi connectivity index (χ2n) is 8.54. The molecule has 0 spiro atoms. The first-order valence-electron chi connectivity index (χ1n) is 11.6. The van der Waals surface area contributed by atoms with E-state index in [9.17, 15) is 9.59 Å². The molecule has 0 radical (unpaired) electrons. The number of carbonyl (C=O) groups is 2. The Morgan fingerprint density at radius 3 is 2.42 bits per heavy atom. The van der Waals surface area contributed by atoms with Gasteiger partial charge in [0.05, 0.1) is 26.7 Å². The number of piperidine rings is 1. The van der Waals surface area contributed by atoms with Gasteiger partial charge >= 0.3 is 0 Å².